The maximum Gasteiger partial charge on any atom is 0.0701 e. The van der Waals surface area contributed by atoms with Crippen molar-refractivity contribution in [2.75, 3.05) is 6.54 Å². The topological polar surface area (TPSA) is 35.8 Å². The lowest BCUT2D eigenvalue weighted by atomic mass is 10.2. The zero-order chi connectivity index (χ0) is 10.2. The van der Waals surface area contributed by atoms with E-state index in [4.69, 9.17) is 5.26 Å². The summed E-state index contributed by atoms with van der Waals surface area (Å²) >= 11 is 5.14. The first-order valence-corrected chi connectivity index (χ1v) is 6.31. The molecule has 4 heteroatoms. The smallest absolute Gasteiger partial charge is 0.0701 e. The molecule has 0 atom stereocenters. The fourth-order valence-corrected chi connectivity index (χ4v) is 2.33. The molecule has 0 fully saturated rings. The Morgan fingerprint density at radius 3 is 3.00 bits per heavy atom. The monoisotopic (exact) mass is 272 g/mol. The van der Waals surface area contributed by atoms with Crippen molar-refractivity contribution in [1.82, 2.24) is 5.32 Å². The van der Waals surface area contributed by atoms with E-state index in [0.717, 1.165) is 25.9 Å². The fourth-order valence-electron chi connectivity index (χ4n) is 1.13. The van der Waals surface area contributed by atoms with Crippen LogP contribution in [0.2, 0.25) is 0 Å². The van der Waals surface area contributed by atoms with Gasteiger partial charge in [-0.2, -0.15) is 5.26 Å². The van der Waals surface area contributed by atoms with E-state index in [1.54, 1.807) is 11.3 Å². The summed E-state index contributed by atoms with van der Waals surface area (Å²) in [5, 5.41) is 13.8. The molecule has 0 saturated heterocycles. The Kier molecular flexibility index (Phi) is 5.85. The summed E-state index contributed by atoms with van der Waals surface area (Å²) < 4.78 is 1.18. The largest absolute Gasteiger partial charge is 0.313 e. The van der Waals surface area contributed by atoms with Crippen LogP contribution in [0.25, 0.3) is 0 Å². The molecule has 76 valence electrons. The lowest BCUT2D eigenvalue weighted by Crippen LogP contribution is -2.13. The van der Waals surface area contributed by atoms with Gasteiger partial charge in [0.1, 0.15) is 0 Å². The second kappa shape index (κ2) is 6.99. The first kappa shape index (κ1) is 11.7. The van der Waals surface area contributed by atoms with Gasteiger partial charge in [0.25, 0.3) is 0 Å². The van der Waals surface area contributed by atoms with Crippen LogP contribution in [0.4, 0.5) is 0 Å². The van der Waals surface area contributed by atoms with Gasteiger partial charge in [-0.1, -0.05) is 0 Å². The van der Waals surface area contributed by atoms with Gasteiger partial charge < -0.3 is 5.32 Å². The van der Waals surface area contributed by atoms with Gasteiger partial charge in [-0.15, -0.1) is 11.3 Å². The SMILES string of the molecule is N#CCCCCNCc1csc(Br)c1. The molecule has 1 N–H and O–H groups in total. The number of nitriles is 1. The van der Waals surface area contributed by atoms with E-state index in [1.807, 2.05) is 0 Å². The van der Waals surface area contributed by atoms with E-state index in [1.165, 1.54) is 9.35 Å². The molecule has 0 unspecified atom stereocenters. The number of rotatable bonds is 6. The Bertz CT molecular complexity index is 303. The minimum atomic E-state index is 0.672. The first-order chi connectivity index (χ1) is 6.83. The van der Waals surface area contributed by atoms with E-state index in [2.05, 4.69) is 38.8 Å². The summed E-state index contributed by atoms with van der Waals surface area (Å²) in [4.78, 5) is 0. The first-order valence-electron chi connectivity index (χ1n) is 4.63. The minimum absolute atomic E-state index is 0.672. The number of hydrogen-bond donors (Lipinski definition) is 1. The highest BCUT2D eigenvalue weighted by molar-refractivity contribution is 9.11. The Balaban J connectivity index is 2.02. The Morgan fingerprint density at radius 1 is 1.50 bits per heavy atom. The lowest BCUT2D eigenvalue weighted by molar-refractivity contribution is 0.629. The highest BCUT2D eigenvalue weighted by Gasteiger charge is 1.95. The third-order valence-electron chi connectivity index (χ3n) is 1.84. The van der Waals surface area contributed by atoms with Crippen LogP contribution in [0.3, 0.4) is 0 Å². The van der Waals surface area contributed by atoms with Gasteiger partial charge in [0.15, 0.2) is 0 Å². The summed E-state index contributed by atoms with van der Waals surface area (Å²) in [5.74, 6) is 0. The van der Waals surface area contributed by atoms with Crippen molar-refractivity contribution >= 4 is 27.3 Å². The zero-order valence-electron chi connectivity index (χ0n) is 7.92. The van der Waals surface area contributed by atoms with Gasteiger partial charge in [0.2, 0.25) is 0 Å². The Labute approximate surface area is 97.1 Å². The number of thiophene rings is 1. The summed E-state index contributed by atoms with van der Waals surface area (Å²) in [6, 6.07) is 4.28. The highest BCUT2D eigenvalue weighted by Crippen LogP contribution is 2.20. The second-order valence-electron chi connectivity index (χ2n) is 3.05. The quantitative estimate of drug-likeness (QED) is 0.807. The van der Waals surface area contributed by atoms with E-state index >= 15 is 0 Å². The molecular weight excluding hydrogens is 260 g/mol. The highest BCUT2D eigenvalue weighted by atomic mass is 79.9. The van der Waals surface area contributed by atoms with Gasteiger partial charge in [-0.3, -0.25) is 0 Å². The zero-order valence-corrected chi connectivity index (χ0v) is 10.3. The van der Waals surface area contributed by atoms with Crippen molar-refractivity contribution in [1.29, 1.82) is 5.26 Å². The predicted molar refractivity (Wildman–Crippen MR) is 63.2 cm³/mol. The van der Waals surface area contributed by atoms with Crippen LogP contribution in [0.1, 0.15) is 24.8 Å². The predicted octanol–water partition coefficient (Wildman–Crippen LogP) is 3.29. The molecule has 1 heterocycles. The third-order valence-corrected chi connectivity index (χ3v) is 3.40. The number of unbranched alkanes of at least 4 members (excludes halogenated alkanes) is 2. The number of nitrogens with one attached hydrogen (secondary N) is 1. The van der Waals surface area contributed by atoms with Crippen molar-refractivity contribution in [3.63, 3.8) is 0 Å². The van der Waals surface area contributed by atoms with Crippen LogP contribution in [0.5, 0.6) is 0 Å². The molecule has 0 aromatic carbocycles. The van der Waals surface area contributed by atoms with Gasteiger partial charge in [0.05, 0.1) is 9.86 Å². The van der Waals surface area contributed by atoms with E-state index in [0.29, 0.717) is 6.42 Å². The molecule has 1 aromatic heterocycles. The van der Waals surface area contributed by atoms with Gasteiger partial charge >= 0.3 is 0 Å². The maximum absolute atomic E-state index is 8.33. The van der Waals surface area contributed by atoms with Crippen molar-refractivity contribution in [3.05, 3.63) is 20.8 Å². The number of halogens is 1. The summed E-state index contributed by atoms with van der Waals surface area (Å²) in [5.41, 5.74) is 1.32. The van der Waals surface area contributed by atoms with Crippen LogP contribution in [-0.2, 0) is 6.54 Å². The van der Waals surface area contributed by atoms with Crippen LogP contribution in [0.15, 0.2) is 15.2 Å². The Hall–Kier alpha value is -0.370. The molecule has 0 aliphatic rings. The summed E-state index contributed by atoms with van der Waals surface area (Å²) in [7, 11) is 0. The maximum atomic E-state index is 8.33. The van der Waals surface area contributed by atoms with Crippen LogP contribution < -0.4 is 5.32 Å². The van der Waals surface area contributed by atoms with Gasteiger partial charge in [0, 0.05) is 13.0 Å². The molecule has 0 radical (unpaired) electrons. The summed E-state index contributed by atoms with van der Waals surface area (Å²) in [6.07, 6.45) is 2.75. The molecule has 0 bridgehead atoms. The molecular formula is C10H13BrN2S. The molecule has 0 amide bonds. The normalized spacial score (nSPS) is 10.0. The van der Waals surface area contributed by atoms with Crippen LogP contribution >= 0.6 is 27.3 Å². The number of hydrogen-bond acceptors (Lipinski definition) is 3. The molecule has 2 nitrogen and oxygen atoms in total. The van der Waals surface area contributed by atoms with Crippen molar-refractivity contribution < 1.29 is 0 Å². The van der Waals surface area contributed by atoms with Crippen LogP contribution in [-0.4, -0.2) is 6.54 Å². The molecule has 0 aliphatic carbocycles. The minimum Gasteiger partial charge on any atom is -0.313 e. The Morgan fingerprint density at radius 2 is 2.36 bits per heavy atom. The molecule has 0 spiro atoms. The van der Waals surface area contributed by atoms with E-state index in [-0.39, 0.29) is 0 Å². The van der Waals surface area contributed by atoms with E-state index < -0.39 is 0 Å². The van der Waals surface area contributed by atoms with E-state index in [9.17, 15) is 0 Å². The lowest BCUT2D eigenvalue weighted by Gasteiger charge is -2.00. The van der Waals surface area contributed by atoms with Crippen LogP contribution in [0, 0.1) is 11.3 Å². The fraction of sp³-hybridized carbons (Fsp3) is 0.500. The van der Waals surface area contributed by atoms with Gasteiger partial charge in [-0.25, -0.2) is 0 Å². The molecule has 0 aliphatic heterocycles. The molecule has 1 aromatic rings. The molecule has 14 heavy (non-hydrogen) atoms. The average molecular weight is 273 g/mol. The second-order valence-corrected chi connectivity index (χ2v) is 5.34. The average Bonchev–Trinajstić information content (AvgIpc) is 2.58. The van der Waals surface area contributed by atoms with Crippen molar-refractivity contribution in [2.45, 2.75) is 25.8 Å². The number of nitrogens with zero attached hydrogens (tertiary/aromatic N) is 1. The molecule has 0 saturated carbocycles. The third kappa shape index (κ3) is 4.75. The standard InChI is InChI=1S/C10H13BrN2S/c11-10-6-9(8-14-10)7-13-5-3-1-2-4-12/h6,8,13H,1-3,5,7H2. The van der Waals surface area contributed by atoms with Crippen molar-refractivity contribution in [2.24, 2.45) is 0 Å². The van der Waals surface area contributed by atoms with Gasteiger partial charge in [-0.05, 0) is 52.3 Å². The summed E-state index contributed by atoms with van der Waals surface area (Å²) in [6.45, 7) is 1.92. The van der Waals surface area contributed by atoms with Crippen molar-refractivity contribution in [3.8, 4) is 6.07 Å². The molecule has 1 rings (SSSR count).